The highest BCUT2D eigenvalue weighted by Gasteiger charge is 2.27. The van der Waals surface area contributed by atoms with Crippen molar-refractivity contribution in [1.29, 1.82) is 0 Å². The number of rotatable bonds is 3. The molecule has 0 amide bonds. The van der Waals surface area contributed by atoms with Crippen LogP contribution in [-0.2, 0) is 9.84 Å². The smallest absolute Gasteiger partial charge is 0.151 e. The quantitative estimate of drug-likeness (QED) is 0.804. The molecule has 1 saturated carbocycles. The fraction of sp³-hybridized carbons (Fsp3) is 1.00. The van der Waals surface area contributed by atoms with Gasteiger partial charge in [-0.1, -0.05) is 25.7 Å². The molecule has 0 bridgehead atoms. The standard InChI is InChI=1S/C14H27NO2S/c1-12(13-7-4-2-3-5-8-13)15-14-9-6-10-18(16,17)11-14/h12-15H,2-11H2,1H3/t12-,14?/m0/s1. The Morgan fingerprint density at radius 3 is 2.28 bits per heavy atom. The van der Waals surface area contributed by atoms with Gasteiger partial charge in [-0.15, -0.1) is 0 Å². The number of hydrogen-bond donors (Lipinski definition) is 1. The van der Waals surface area contributed by atoms with Crippen molar-refractivity contribution in [2.24, 2.45) is 5.92 Å². The van der Waals surface area contributed by atoms with Crippen molar-refractivity contribution in [2.45, 2.75) is 70.4 Å². The average Bonchev–Trinajstić information content (AvgIpc) is 2.55. The summed E-state index contributed by atoms with van der Waals surface area (Å²) in [6.07, 6.45) is 9.93. The molecule has 2 atom stereocenters. The van der Waals surface area contributed by atoms with Crippen LogP contribution in [0.25, 0.3) is 0 Å². The molecule has 2 rings (SSSR count). The fourth-order valence-electron chi connectivity index (χ4n) is 3.47. The Morgan fingerprint density at radius 1 is 1.00 bits per heavy atom. The molecule has 18 heavy (non-hydrogen) atoms. The van der Waals surface area contributed by atoms with Crippen LogP contribution in [0.3, 0.4) is 0 Å². The lowest BCUT2D eigenvalue weighted by molar-refractivity contribution is 0.306. The molecule has 1 heterocycles. The number of hydrogen-bond acceptors (Lipinski definition) is 3. The van der Waals surface area contributed by atoms with E-state index in [-0.39, 0.29) is 6.04 Å². The van der Waals surface area contributed by atoms with Gasteiger partial charge in [0.15, 0.2) is 9.84 Å². The van der Waals surface area contributed by atoms with E-state index < -0.39 is 9.84 Å². The molecule has 0 radical (unpaired) electrons. The zero-order chi connectivity index (χ0) is 13.0. The summed E-state index contributed by atoms with van der Waals surface area (Å²) in [4.78, 5) is 0. The molecular formula is C14H27NO2S. The summed E-state index contributed by atoms with van der Waals surface area (Å²) in [6.45, 7) is 2.25. The van der Waals surface area contributed by atoms with Gasteiger partial charge < -0.3 is 5.32 Å². The summed E-state index contributed by atoms with van der Waals surface area (Å²) in [6, 6.07) is 0.670. The molecule has 0 spiro atoms. The van der Waals surface area contributed by atoms with E-state index >= 15 is 0 Å². The van der Waals surface area contributed by atoms with Crippen LogP contribution in [0.5, 0.6) is 0 Å². The minimum atomic E-state index is -2.78. The minimum Gasteiger partial charge on any atom is -0.310 e. The summed E-state index contributed by atoms with van der Waals surface area (Å²) in [5, 5.41) is 3.59. The summed E-state index contributed by atoms with van der Waals surface area (Å²) in [7, 11) is -2.78. The lowest BCUT2D eigenvalue weighted by Gasteiger charge is -2.30. The predicted octanol–water partition coefficient (Wildman–Crippen LogP) is 2.51. The average molecular weight is 273 g/mol. The molecule has 2 aliphatic rings. The Morgan fingerprint density at radius 2 is 1.67 bits per heavy atom. The summed E-state index contributed by atoms with van der Waals surface area (Å²) in [5.74, 6) is 1.49. The van der Waals surface area contributed by atoms with Crippen molar-refractivity contribution in [3.63, 3.8) is 0 Å². The zero-order valence-electron chi connectivity index (χ0n) is 11.5. The minimum absolute atomic E-state index is 0.196. The van der Waals surface area contributed by atoms with Crippen LogP contribution in [0.2, 0.25) is 0 Å². The van der Waals surface area contributed by atoms with Crippen molar-refractivity contribution >= 4 is 9.84 Å². The van der Waals surface area contributed by atoms with Gasteiger partial charge in [0.05, 0.1) is 11.5 Å². The molecule has 1 aliphatic carbocycles. The monoisotopic (exact) mass is 273 g/mol. The van der Waals surface area contributed by atoms with Crippen LogP contribution in [0.4, 0.5) is 0 Å². The SMILES string of the molecule is C[C@H](NC1CCCS(=O)(=O)C1)C1CCCCCC1. The highest BCUT2D eigenvalue weighted by Crippen LogP contribution is 2.26. The summed E-state index contributed by atoms with van der Waals surface area (Å²) < 4.78 is 23.3. The molecular weight excluding hydrogens is 246 g/mol. The largest absolute Gasteiger partial charge is 0.310 e. The van der Waals surface area contributed by atoms with Gasteiger partial charge in [-0.05, 0) is 38.5 Å². The molecule has 2 fully saturated rings. The van der Waals surface area contributed by atoms with E-state index in [0.29, 0.717) is 17.5 Å². The van der Waals surface area contributed by atoms with Crippen LogP contribution in [-0.4, -0.2) is 32.0 Å². The van der Waals surface area contributed by atoms with Crippen molar-refractivity contribution in [2.75, 3.05) is 11.5 Å². The van der Waals surface area contributed by atoms with Crippen molar-refractivity contribution in [3.8, 4) is 0 Å². The van der Waals surface area contributed by atoms with E-state index in [2.05, 4.69) is 12.2 Å². The molecule has 1 unspecified atom stereocenters. The van der Waals surface area contributed by atoms with E-state index in [4.69, 9.17) is 0 Å². The van der Waals surface area contributed by atoms with E-state index in [1.165, 1.54) is 38.5 Å². The third-order valence-corrected chi connectivity index (χ3v) is 6.39. The third kappa shape index (κ3) is 4.23. The maximum Gasteiger partial charge on any atom is 0.151 e. The Balaban J connectivity index is 1.84. The highest BCUT2D eigenvalue weighted by atomic mass is 32.2. The van der Waals surface area contributed by atoms with Gasteiger partial charge in [-0.3, -0.25) is 0 Å². The first-order valence-corrected chi connectivity index (χ1v) is 9.35. The van der Waals surface area contributed by atoms with Gasteiger partial charge in [-0.25, -0.2) is 8.42 Å². The molecule has 106 valence electrons. The first kappa shape index (κ1) is 14.3. The van der Waals surface area contributed by atoms with Gasteiger partial charge in [0.25, 0.3) is 0 Å². The Hall–Kier alpha value is -0.0900. The topological polar surface area (TPSA) is 46.2 Å². The molecule has 0 aromatic carbocycles. The Labute approximate surface area is 112 Å². The molecule has 1 N–H and O–H groups in total. The lowest BCUT2D eigenvalue weighted by atomic mass is 9.92. The van der Waals surface area contributed by atoms with E-state index in [9.17, 15) is 8.42 Å². The van der Waals surface area contributed by atoms with Gasteiger partial charge in [-0.2, -0.15) is 0 Å². The Bertz CT molecular complexity index is 345. The van der Waals surface area contributed by atoms with Crippen LogP contribution in [0, 0.1) is 5.92 Å². The molecule has 4 heteroatoms. The number of nitrogens with one attached hydrogen (secondary N) is 1. The third-order valence-electron chi connectivity index (χ3n) is 4.57. The normalized spacial score (nSPS) is 31.7. The van der Waals surface area contributed by atoms with Crippen LogP contribution < -0.4 is 5.32 Å². The van der Waals surface area contributed by atoms with E-state index in [0.717, 1.165) is 18.8 Å². The first-order valence-electron chi connectivity index (χ1n) is 7.53. The summed E-state index contributed by atoms with van der Waals surface area (Å²) >= 11 is 0. The van der Waals surface area contributed by atoms with Crippen molar-refractivity contribution in [3.05, 3.63) is 0 Å². The maximum absolute atomic E-state index is 11.6. The van der Waals surface area contributed by atoms with E-state index in [1.54, 1.807) is 0 Å². The highest BCUT2D eigenvalue weighted by molar-refractivity contribution is 7.91. The zero-order valence-corrected chi connectivity index (χ0v) is 12.3. The van der Waals surface area contributed by atoms with Crippen LogP contribution in [0.1, 0.15) is 58.3 Å². The van der Waals surface area contributed by atoms with Crippen LogP contribution >= 0.6 is 0 Å². The fourth-order valence-corrected chi connectivity index (χ4v) is 5.12. The van der Waals surface area contributed by atoms with E-state index in [1.807, 2.05) is 0 Å². The van der Waals surface area contributed by atoms with Crippen molar-refractivity contribution < 1.29 is 8.42 Å². The molecule has 1 aliphatic heterocycles. The molecule has 3 nitrogen and oxygen atoms in total. The second-order valence-electron chi connectivity index (χ2n) is 6.16. The van der Waals surface area contributed by atoms with Gasteiger partial charge in [0, 0.05) is 12.1 Å². The van der Waals surface area contributed by atoms with Gasteiger partial charge in [0.2, 0.25) is 0 Å². The molecule has 0 aromatic heterocycles. The predicted molar refractivity (Wildman–Crippen MR) is 75.5 cm³/mol. The molecule has 0 aromatic rings. The lowest BCUT2D eigenvalue weighted by Crippen LogP contribution is -2.46. The second kappa shape index (κ2) is 6.38. The Kier molecular flexibility index (Phi) is 5.07. The van der Waals surface area contributed by atoms with Gasteiger partial charge in [0.1, 0.15) is 0 Å². The number of sulfone groups is 1. The van der Waals surface area contributed by atoms with Gasteiger partial charge >= 0.3 is 0 Å². The molecule has 1 saturated heterocycles. The summed E-state index contributed by atoms with van der Waals surface area (Å²) in [5.41, 5.74) is 0. The van der Waals surface area contributed by atoms with Crippen molar-refractivity contribution in [1.82, 2.24) is 5.32 Å². The van der Waals surface area contributed by atoms with Crippen LogP contribution in [0.15, 0.2) is 0 Å². The first-order chi connectivity index (χ1) is 8.57. The maximum atomic E-state index is 11.6. The second-order valence-corrected chi connectivity index (χ2v) is 8.39.